The number of carbonyl (C=O) groups is 1. The molecule has 0 amide bonds. The monoisotopic (exact) mass is 373 g/mol. The van der Waals surface area contributed by atoms with Gasteiger partial charge < -0.3 is 15.7 Å². The highest BCUT2D eigenvalue weighted by molar-refractivity contribution is 5.89. The van der Waals surface area contributed by atoms with Crippen LogP contribution in [0.2, 0.25) is 0 Å². The molecular weight excluding hydrogens is 349 g/mol. The molecule has 1 aliphatic heterocycles. The van der Waals surface area contributed by atoms with Crippen LogP contribution in [0.4, 0.5) is 10.1 Å². The molecular formula is C20H24FN3O3. The van der Waals surface area contributed by atoms with Crippen molar-refractivity contribution in [3.8, 4) is 0 Å². The molecule has 1 aliphatic carbocycles. The number of rotatable bonds is 4. The molecule has 0 bridgehead atoms. The number of nitrogens with zero attached hydrogens (tertiary/aromatic N) is 2. The van der Waals surface area contributed by atoms with E-state index in [9.17, 15) is 14.7 Å². The van der Waals surface area contributed by atoms with E-state index in [1.165, 1.54) is 10.5 Å². The smallest absolute Gasteiger partial charge is 0.341 e. The van der Waals surface area contributed by atoms with E-state index in [0.29, 0.717) is 29.2 Å². The molecule has 0 unspecified atom stereocenters. The maximum atomic E-state index is 15.0. The van der Waals surface area contributed by atoms with Crippen molar-refractivity contribution in [3.63, 3.8) is 0 Å². The number of hydrogen-bond donors (Lipinski definition) is 2. The van der Waals surface area contributed by atoms with Gasteiger partial charge in [0.05, 0.1) is 17.4 Å². The predicted molar refractivity (Wildman–Crippen MR) is 101 cm³/mol. The lowest BCUT2D eigenvalue weighted by molar-refractivity contribution is 0.0694. The zero-order chi connectivity index (χ0) is 19.5. The minimum absolute atomic E-state index is 0.0431. The summed E-state index contributed by atoms with van der Waals surface area (Å²) in [5.74, 6) is -1.25. The van der Waals surface area contributed by atoms with Crippen molar-refractivity contribution >= 4 is 17.2 Å². The molecule has 1 saturated carbocycles. The second-order valence-electron chi connectivity index (χ2n) is 7.92. The first-order valence-corrected chi connectivity index (χ1v) is 9.41. The average Bonchev–Trinajstić information content (AvgIpc) is 3.32. The van der Waals surface area contributed by atoms with Gasteiger partial charge in [-0.1, -0.05) is 0 Å². The summed E-state index contributed by atoms with van der Waals surface area (Å²) in [7, 11) is 0. The molecule has 0 radical (unpaired) electrons. The van der Waals surface area contributed by atoms with Crippen LogP contribution >= 0.6 is 0 Å². The minimum atomic E-state index is -1.28. The summed E-state index contributed by atoms with van der Waals surface area (Å²) < 4.78 is 16.2. The number of fused-ring (bicyclic) bond motifs is 1. The fourth-order valence-corrected chi connectivity index (χ4v) is 4.31. The molecule has 1 saturated heterocycles. The van der Waals surface area contributed by atoms with Gasteiger partial charge in [0.2, 0.25) is 0 Å². The largest absolute Gasteiger partial charge is 0.477 e. The Hall–Kier alpha value is -2.41. The summed E-state index contributed by atoms with van der Waals surface area (Å²) in [6.45, 7) is 5.19. The Labute approximate surface area is 156 Å². The molecule has 2 fully saturated rings. The van der Waals surface area contributed by atoms with E-state index in [1.54, 1.807) is 0 Å². The summed E-state index contributed by atoms with van der Waals surface area (Å²) in [4.78, 5) is 26.1. The number of halogens is 1. The molecule has 2 aromatic rings. The lowest BCUT2D eigenvalue weighted by Gasteiger charge is -2.24. The second-order valence-corrected chi connectivity index (χ2v) is 7.92. The molecule has 3 N–H and O–H groups in total. The Morgan fingerprint density at radius 2 is 2.07 bits per heavy atom. The third kappa shape index (κ3) is 2.90. The first kappa shape index (κ1) is 18.0. The number of pyridine rings is 2. The zero-order valence-electron chi connectivity index (χ0n) is 15.5. The van der Waals surface area contributed by atoms with E-state index in [2.05, 4.69) is 0 Å². The van der Waals surface area contributed by atoms with Crippen LogP contribution in [0.25, 0.3) is 5.52 Å². The van der Waals surface area contributed by atoms with Gasteiger partial charge in [0.15, 0.2) is 5.82 Å². The molecule has 2 atom stereocenters. The van der Waals surface area contributed by atoms with E-state index in [-0.39, 0.29) is 17.5 Å². The Morgan fingerprint density at radius 3 is 2.63 bits per heavy atom. The van der Waals surface area contributed by atoms with Crippen LogP contribution in [-0.4, -0.2) is 34.6 Å². The Balaban J connectivity index is 1.94. The Morgan fingerprint density at radius 1 is 1.37 bits per heavy atom. The van der Waals surface area contributed by atoms with E-state index >= 15 is 4.39 Å². The van der Waals surface area contributed by atoms with Crippen LogP contribution in [0.5, 0.6) is 0 Å². The summed E-state index contributed by atoms with van der Waals surface area (Å²) in [6, 6.07) is 1.53. The van der Waals surface area contributed by atoms with Gasteiger partial charge in [0.1, 0.15) is 5.56 Å². The van der Waals surface area contributed by atoms with Crippen LogP contribution in [0.15, 0.2) is 17.1 Å². The molecule has 2 aliphatic rings. The topological polar surface area (TPSA) is 88.0 Å². The fraction of sp³-hybridized carbons (Fsp3) is 0.500. The molecule has 144 valence electrons. The number of anilines is 1. The number of carboxylic acids is 1. The summed E-state index contributed by atoms with van der Waals surface area (Å²) in [6.07, 6.45) is 3.96. The van der Waals surface area contributed by atoms with Crippen molar-refractivity contribution in [2.24, 2.45) is 11.7 Å². The average molecular weight is 373 g/mol. The maximum Gasteiger partial charge on any atom is 0.341 e. The van der Waals surface area contributed by atoms with Crippen molar-refractivity contribution in [2.75, 3.05) is 18.0 Å². The van der Waals surface area contributed by atoms with Crippen molar-refractivity contribution < 1.29 is 14.3 Å². The van der Waals surface area contributed by atoms with Crippen LogP contribution in [-0.2, 0) is 0 Å². The van der Waals surface area contributed by atoms with Crippen LogP contribution in [0.1, 0.15) is 53.6 Å². The Kier molecular flexibility index (Phi) is 4.22. The minimum Gasteiger partial charge on any atom is -0.477 e. The zero-order valence-corrected chi connectivity index (χ0v) is 15.5. The molecule has 0 aromatic carbocycles. The molecule has 2 aromatic heterocycles. The molecule has 7 heteroatoms. The first-order chi connectivity index (χ1) is 12.8. The number of carboxylic acid groups (broad SMARTS) is 1. The SMILES string of the molecule is Cc1c(N2CC[C@@H]([C@@H](C)N)C2)c(F)cn2c(=O)c(C(=O)O)cc(C3CC3)c12. The van der Waals surface area contributed by atoms with E-state index in [4.69, 9.17) is 5.73 Å². The van der Waals surface area contributed by atoms with Crippen molar-refractivity contribution in [2.45, 2.75) is 45.1 Å². The highest BCUT2D eigenvalue weighted by atomic mass is 19.1. The third-order valence-electron chi connectivity index (χ3n) is 5.97. The highest BCUT2D eigenvalue weighted by Gasteiger charge is 2.32. The van der Waals surface area contributed by atoms with E-state index in [1.807, 2.05) is 18.7 Å². The van der Waals surface area contributed by atoms with Crippen LogP contribution in [0.3, 0.4) is 0 Å². The lowest BCUT2D eigenvalue weighted by Crippen LogP contribution is -2.31. The predicted octanol–water partition coefficient (Wildman–Crippen LogP) is 2.50. The van der Waals surface area contributed by atoms with Crippen LogP contribution in [0, 0.1) is 18.7 Å². The van der Waals surface area contributed by atoms with Gasteiger partial charge >= 0.3 is 5.97 Å². The van der Waals surface area contributed by atoms with Gasteiger partial charge in [0, 0.05) is 19.1 Å². The molecule has 4 rings (SSSR count). The van der Waals surface area contributed by atoms with Gasteiger partial charge in [-0.05, 0) is 62.1 Å². The van der Waals surface area contributed by atoms with Crippen molar-refractivity contribution in [3.05, 3.63) is 45.1 Å². The summed E-state index contributed by atoms with van der Waals surface area (Å²) in [5, 5.41) is 9.37. The van der Waals surface area contributed by atoms with Gasteiger partial charge in [-0.25, -0.2) is 9.18 Å². The Bertz CT molecular complexity index is 994. The van der Waals surface area contributed by atoms with Crippen molar-refractivity contribution in [1.29, 1.82) is 0 Å². The van der Waals surface area contributed by atoms with Gasteiger partial charge in [-0.2, -0.15) is 0 Å². The number of aromatic nitrogens is 1. The van der Waals surface area contributed by atoms with Crippen molar-refractivity contribution in [1.82, 2.24) is 4.40 Å². The quantitative estimate of drug-likeness (QED) is 0.860. The standard InChI is InChI=1S/C20H24FN3O3/c1-10-17-14(12-3-4-12)7-15(20(26)27)19(25)24(17)9-16(21)18(10)23-6-5-13(8-23)11(2)22/h7,9,11-13H,3-6,8,22H2,1-2H3,(H,26,27)/t11-,13-/m1/s1. The fourth-order valence-electron chi connectivity index (χ4n) is 4.31. The van der Waals surface area contributed by atoms with E-state index < -0.39 is 17.3 Å². The third-order valence-corrected chi connectivity index (χ3v) is 5.97. The normalized spacial score (nSPS) is 21.0. The number of hydrogen-bond acceptors (Lipinski definition) is 4. The molecule has 3 heterocycles. The lowest BCUT2D eigenvalue weighted by atomic mass is 10.0. The number of aromatic carboxylic acids is 1. The van der Waals surface area contributed by atoms with Gasteiger partial charge in [-0.3, -0.25) is 9.20 Å². The number of nitrogens with two attached hydrogens (primary N) is 1. The van der Waals surface area contributed by atoms with E-state index in [0.717, 1.165) is 37.6 Å². The molecule has 0 spiro atoms. The number of aryl methyl sites for hydroxylation is 1. The summed E-state index contributed by atoms with van der Waals surface area (Å²) in [5.41, 5.74) is 7.69. The molecule has 27 heavy (non-hydrogen) atoms. The van der Waals surface area contributed by atoms with Crippen LogP contribution < -0.4 is 16.2 Å². The first-order valence-electron chi connectivity index (χ1n) is 9.41. The highest BCUT2D eigenvalue weighted by Crippen LogP contribution is 2.44. The maximum absolute atomic E-state index is 15.0. The second kappa shape index (κ2) is 6.34. The molecule has 6 nitrogen and oxygen atoms in total. The van der Waals surface area contributed by atoms with Gasteiger partial charge in [-0.15, -0.1) is 0 Å². The van der Waals surface area contributed by atoms with Gasteiger partial charge in [0.25, 0.3) is 5.56 Å². The summed E-state index contributed by atoms with van der Waals surface area (Å²) >= 11 is 0.